The van der Waals surface area contributed by atoms with Gasteiger partial charge >= 0.3 is 0 Å². The summed E-state index contributed by atoms with van der Waals surface area (Å²) in [5, 5.41) is 0. The zero-order valence-electron chi connectivity index (χ0n) is 7.67. The third-order valence-electron chi connectivity index (χ3n) is 2.62. The van der Waals surface area contributed by atoms with E-state index in [1.165, 1.54) is 11.1 Å². The van der Waals surface area contributed by atoms with Crippen molar-refractivity contribution < 1.29 is 0 Å². The molecule has 0 amide bonds. The summed E-state index contributed by atoms with van der Waals surface area (Å²) in [6.07, 6.45) is 14.3. The molecule has 0 unspecified atom stereocenters. The van der Waals surface area contributed by atoms with E-state index >= 15 is 0 Å². The monoisotopic (exact) mass is 158 g/mol. The van der Waals surface area contributed by atoms with Crippen molar-refractivity contribution in [3.63, 3.8) is 0 Å². The fraction of sp³-hybridized carbons (Fsp3) is 0.333. The second-order valence-corrected chi connectivity index (χ2v) is 4.08. The van der Waals surface area contributed by atoms with Gasteiger partial charge in [0.2, 0.25) is 0 Å². The normalized spacial score (nSPS) is 24.5. The molecule has 2 aliphatic rings. The standard InChI is InChI=1S/C12H14/c1-12(2)9-4-3-6-10-7-5-8-11(10)12/h3-8H,9H2,1-2H3. The van der Waals surface area contributed by atoms with Gasteiger partial charge < -0.3 is 0 Å². The van der Waals surface area contributed by atoms with Crippen LogP contribution in [0.3, 0.4) is 0 Å². The summed E-state index contributed by atoms with van der Waals surface area (Å²) in [6.45, 7) is 4.60. The number of rotatable bonds is 0. The van der Waals surface area contributed by atoms with Gasteiger partial charge in [-0.1, -0.05) is 50.3 Å². The minimum Gasteiger partial charge on any atom is -0.0837 e. The maximum Gasteiger partial charge on any atom is -0.00631 e. The van der Waals surface area contributed by atoms with Crippen LogP contribution in [0.25, 0.3) is 0 Å². The third-order valence-corrected chi connectivity index (χ3v) is 2.62. The molecule has 12 heavy (non-hydrogen) atoms. The number of allylic oxidation sites excluding steroid dienone is 8. The Labute approximate surface area is 74.0 Å². The molecule has 0 radical (unpaired) electrons. The molecule has 0 N–H and O–H groups in total. The Morgan fingerprint density at radius 3 is 2.83 bits per heavy atom. The summed E-state index contributed by atoms with van der Waals surface area (Å²) in [7, 11) is 0. The lowest BCUT2D eigenvalue weighted by molar-refractivity contribution is 0.464. The van der Waals surface area contributed by atoms with Gasteiger partial charge in [0.05, 0.1) is 0 Å². The maximum absolute atomic E-state index is 2.30. The lowest BCUT2D eigenvalue weighted by Crippen LogP contribution is -2.12. The van der Waals surface area contributed by atoms with Crippen molar-refractivity contribution in [3.8, 4) is 0 Å². The molecule has 62 valence electrons. The van der Waals surface area contributed by atoms with E-state index in [9.17, 15) is 0 Å². The summed E-state index contributed by atoms with van der Waals surface area (Å²) >= 11 is 0. The van der Waals surface area contributed by atoms with Gasteiger partial charge in [-0.2, -0.15) is 0 Å². The molecular formula is C12H14. The van der Waals surface area contributed by atoms with Crippen molar-refractivity contribution in [2.75, 3.05) is 0 Å². The fourth-order valence-corrected chi connectivity index (χ4v) is 1.84. The summed E-state index contributed by atoms with van der Waals surface area (Å²) < 4.78 is 0. The van der Waals surface area contributed by atoms with Crippen LogP contribution in [0.15, 0.2) is 47.6 Å². The highest BCUT2D eigenvalue weighted by atomic mass is 14.3. The summed E-state index contributed by atoms with van der Waals surface area (Å²) in [5.41, 5.74) is 3.17. The molecule has 0 heteroatoms. The molecule has 2 rings (SSSR count). The molecular weight excluding hydrogens is 144 g/mol. The molecule has 2 aliphatic carbocycles. The predicted octanol–water partition coefficient (Wildman–Crippen LogP) is 3.40. The lowest BCUT2D eigenvalue weighted by Gasteiger charge is -2.24. The first-order chi connectivity index (χ1) is 5.70. The molecule has 0 saturated heterocycles. The van der Waals surface area contributed by atoms with E-state index in [1.807, 2.05) is 0 Å². The second-order valence-electron chi connectivity index (χ2n) is 4.08. The zero-order valence-corrected chi connectivity index (χ0v) is 7.67. The van der Waals surface area contributed by atoms with Crippen LogP contribution in [-0.2, 0) is 0 Å². The number of fused-ring (bicyclic) bond motifs is 1. The highest BCUT2D eigenvalue weighted by Gasteiger charge is 2.25. The van der Waals surface area contributed by atoms with Crippen molar-refractivity contribution in [2.24, 2.45) is 5.41 Å². The van der Waals surface area contributed by atoms with Crippen LogP contribution >= 0.6 is 0 Å². The van der Waals surface area contributed by atoms with Crippen molar-refractivity contribution in [1.29, 1.82) is 0 Å². The Morgan fingerprint density at radius 2 is 2.00 bits per heavy atom. The first-order valence-corrected chi connectivity index (χ1v) is 4.46. The van der Waals surface area contributed by atoms with E-state index in [0.717, 1.165) is 6.42 Å². The Hall–Kier alpha value is -1.04. The van der Waals surface area contributed by atoms with Gasteiger partial charge in [0, 0.05) is 0 Å². The van der Waals surface area contributed by atoms with Gasteiger partial charge in [-0.15, -0.1) is 0 Å². The molecule has 0 saturated carbocycles. The van der Waals surface area contributed by atoms with Crippen LogP contribution in [0.2, 0.25) is 0 Å². The Bertz CT molecular complexity index is 309. The molecule has 0 heterocycles. The number of hydrogen-bond acceptors (Lipinski definition) is 0. The van der Waals surface area contributed by atoms with E-state index < -0.39 is 0 Å². The quantitative estimate of drug-likeness (QED) is 0.507. The minimum atomic E-state index is 0.308. The molecule has 0 aromatic carbocycles. The average Bonchev–Trinajstić information content (AvgIpc) is 2.42. The molecule has 0 spiro atoms. The first kappa shape index (κ1) is 7.60. The minimum absolute atomic E-state index is 0.308. The van der Waals surface area contributed by atoms with Gasteiger partial charge in [0.25, 0.3) is 0 Å². The maximum atomic E-state index is 2.30. The van der Waals surface area contributed by atoms with Crippen LogP contribution in [-0.4, -0.2) is 0 Å². The SMILES string of the molecule is CC1(C)CC=CC=C2C=CC=C21. The van der Waals surface area contributed by atoms with E-state index in [-0.39, 0.29) is 0 Å². The van der Waals surface area contributed by atoms with Crippen LogP contribution < -0.4 is 0 Å². The number of hydrogen-bond donors (Lipinski definition) is 0. The van der Waals surface area contributed by atoms with Gasteiger partial charge in [-0.05, 0) is 23.0 Å². The Kier molecular flexibility index (Phi) is 1.57. The van der Waals surface area contributed by atoms with Crippen molar-refractivity contribution in [3.05, 3.63) is 47.6 Å². The second kappa shape index (κ2) is 2.48. The Balaban J connectivity index is 2.47. The summed E-state index contributed by atoms with van der Waals surface area (Å²) in [4.78, 5) is 0. The van der Waals surface area contributed by atoms with E-state index in [2.05, 4.69) is 50.3 Å². The molecule has 0 aromatic rings. The average molecular weight is 158 g/mol. The van der Waals surface area contributed by atoms with Gasteiger partial charge in [-0.25, -0.2) is 0 Å². The van der Waals surface area contributed by atoms with E-state index in [1.54, 1.807) is 0 Å². The van der Waals surface area contributed by atoms with Crippen molar-refractivity contribution >= 4 is 0 Å². The molecule has 0 nitrogen and oxygen atoms in total. The van der Waals surface area contributed by atoms with Gasteiger partial charge in [-0.3, -0.25) is 0 Å². The molecule has 0 bridgehead atoms. The largest absolute Gasteiger partial charge is 0.0837 e. The predicted molar refractivity (Wildman–Crippen MR) is 52.8 cm³/mol. The molecule has 0 fully saturated rings. The zero-order chi connectivity index (χ0) is 8.60. The van der Waals surface area contributed by atoms with Crippen molar-refractivity contribution in [1.82, 2.24) is 0 Å². The van der Waals surface area contributed by atoms with E-state index in [0.29, 0.717) is 5.41 Å². The van der Waals surface area contributed by atoms with Crippen molar-refractivity contribution in [2.45, 2.75) is 20.3 Å². The molecule has 0 aliphatic heterocycles. The topological polar surface area (TPSA) is 0 Å². The van der Waals surface area contributed by atoms with Crippen LogP contribution in [0.4, 0.5) is 0 Å². The highest BCUT2D eigenvalue weighted by molar-refractivity contribution is 5.53. The molecule has 0 atom stereocenters. The Morgan fingerprint density at radius 1 is 1.17 bits per heavy atom. The summed E-state index contributed by atoms with van der Waals surface area (Å²) in [6, 6.07) is 0. The summed E-state index contributed by atoms with van der Waals surface area (Å²) in [5.74, 6) is 0. The van der Waals surface area contributed by atoms with Gasteiger partial charge in [0.15, 0.2) is 0 Å². The fourth-order valence-electron chi connectivity index (χ4n) is 1.84. The molecule has 0 aromatic heterocycles. The third kappa shape index (κ3) is 1.08. The van der Waals surface area contributed by atoms with Crippen LogP contribution in [0, 0.1) is 5.41 Å². The van der Waals surface area contributed by atoms with Crippen LogP contribution in [0.1, 0.15) is 20.3 Å². The van der Waals surface area contributed by atoms with E-state index in [4.69, 9.17) is 0 Å². The lowest BCUT2D eigenvalue weighted by atomic mass is 9.79. The van der Waals surface area contributed by atoms with Gasteiger partial charge in [0.1, 0.15) is 0 Å². The first-order valence-electron chi connectivity index (χ1n) is 4.46. The highest BCUT2D eigenvalue weighted by Crippen LogP contribution is 2.39. The van der Waals surface area contributed by atoms with Crippen LogP contribution in [0.5, 0.6) is 0 Å². The smallest absolute Gasteiger partial charge is 0.00631 e.